The molecule has 8 rings (SSSR count). The van der Waals surface area contributed by atoms with Gasteiger partial charge in [0, 0.05) is 11.1 Å². The van der Waals surface area contributed by atoms with Gasteiger partial charge in [-0.2, -0.15) is 0 Å². The monoisotopic (exact) mass is 1010 g/mol. The van der Waals surface area contributed by atoms with Gasteiger partial charge in [-0.05, 0) is 83.9 Å². The fraction of sp³-hybridized carbons (Fsp3) is 0.109. The molecule has 0 radical (unpaired) electrons. The molecule has 0 aliphatic rings. The minimum Gasteiger partial charge on any atom is -1.00 e. The smallest absolute Gasteiger partial charge is 0.193 e. The molecular weight excluding hydrogens is 962 g/mol. The van der Waals surface area contributed by atoms with Gasteiger partial charge in [-0.1, -0.05) is 133 Å². The summed E-state index contributed by atoms with van der Waals surface area (Å²) in [6.07, 6.45) is 1.40. The Morgan fingerprint density at radius 1 is 0.344 bits per heavy atom. The highest BCUT2D eigenvalue weighted by molar-refractivity contribution is 7.95. The minimum absolute atomic E-state index is 0. The Morgan fingerprint density at radius 2 is 0.594 bits per heavy atom. The first-order valence-electron chi connectivity index (χ1n) is 20.6. The lowest BCUT2D eigenvalue weighted by molar-refractivity contribution is -0.00100. The number of carbonyl (C=O) groups is 1. The number of methoxy groups -OCH3 is 4. The van der Waals surface area contributed by atoms with Crippen molar-refractivity contribution in [1.82, 2.24) is 0 Å². The van der Waals surface area contributed by atoms with Crippen molar-refractivity contribution in [2.75, 3.05) is 28.4 Å². The zero-order chi connectivity index (χ0) is 42.9. The minimum atomic E-state index is -2.43. The van der Waals surface area contributed by atoms with Crippen LogP contribution in [0.25, 0.3) is 0 Å². The van der Waals surface area contributed by atoms with Crippen LogP contribution in [-0.2, 0) is 12.3 Å². The number of carbonyl (C=O) groups excluding carboxylic acids is 1. The van der Waals surface area contributed by atoms with E-state index in [9.17, 15) is 4.79 Å². The molecule has 0 saturated heterocycles. The zero-order valence-electron chi connectivity index (χ0n) is 36.2. The Morgan fingerprint density at radius 3 is 0.859 bits per heavy atom. The summed E-state index contributed by atoms with van der Waals surface area (Å²) < 4.78 is 24.2. The number of hydrogen-bond donors (Lipinski definition) is 0. The number of benzene rings is 8. The molecule has 0 atom stereocenters. The maximum absolute atomic E-state index is 14.3. The highest BCUT2D eigenvalue weighted by atomic mass is 79.9. The van der Waals surface area contributed by atoms with E-state index >= 15 is 0 Å². The Kier molecular flexibility index (Phi) is 16.4. The highest BCUT2D eigenvalue weighted by Gasteiger charge is 2.51. The molecule has 0 N–H and O–H groups in total. The molecule has 0 heterocycles. The molecule has 5 nitrogen and oxygen atoms in total. The van der Waals surface area contributed by atoms with Crippen molar-refractivity contribution in [2.45, 2.75) is 12.3 Å². The zero-order valence-corrected chi connectivity index (χ0v) is 41.2. The van der Waals surface area contributed by atoms with E-state index in [-0.39, 0.29) is 39.7 Å². The number of rotatable bonds is 16. The molecule has 0 bridgehead atoms. The average molecular weight is 1010 g/mol. The van der Waals surface area contributed by atoms with E-state index in [0.29, 0.717) is 23.5 Å². The average Bonchev–Trinajstić information content (AvgIpc) is 3.35. The Hall–Kier alpha value is -5.55. The summed E-state index contributed by atoms with van der Waals surface area (Å²) >= 11 is 0. The predicted octanol–water partition coefficient (Wildman–Crippen LogP) is 3.95. The standard InChI is InChI=1S/C55H50O5P2.2BrH/c1-57-47-23-11-15-27-51(47)61(45-19-7-5-8-20-45,52-28-16-12-24-48(52)58-2)39-41-31-35-43(36-32-41)55(56)44-37-33-42(34-38-44)40-62(46-21-9-6-10-22-46,53-29-17-13-25-49(53)59-3)54-30-18-14-26-50(54)60-4;;/h5-38H,39-40H2,1-4H3;2*1H/q+2;;/p-2. The molecule has 0 aromatic heterocycles. The van der Waals surface area contributed by atoms with Crippen molar-refractivity contribution >= 4 is 52.1 Å². The van der Waals surface area contributed by atoms with Crippen LogP contribution in [0.2, 0.25) is 0 Å². The van der Waals surface area contributed by atoms with Gasteiger partial charge in [0.2, 0.25) is 0 Å². The predicted molar refractivity (Wildman–Crippen MR) is 260 cm³/mol. The van der Waals surface area contributed by atoms with Gasteiger partial charge in [0.25, 0.3) is 0 Å². The maximum atomic E-state index is 14.3. The molecule has 8 aromatic rings. The molecule has 0 fully saturated rings. The lowest BCUT2D eigenvalue weighted by atomic mass is 10.0. The lowest BCUT2D eigenvalue weighted by Crippen LogP contribution is -3.00. The van der Waals surface area contributed by atoms with Crippen molar-refractivity contribution in [2.24, 2.45) is 0 Å². The summed E-state index contributed by atoms with van der Waals surface area (Å²) in [4.78, 5) is 14.3. The first-order valence-corrected chi connectivity index (χ1v) is 24.6. The summed E-state index contributed by atoms with van der Waals surface area (Å²) in [6, 6.07) is 70.9. The van der Waals surface area contributed by atoms with Crippen LogP contribution in [0.4, 0.5) is 0 Å². The number of ketones is 1. The molecule has 324 valence electrons. The van der Waals surface area contributed by atoms with Crippen molar-refractivity contribution in [3.8, 4) is 23.0 Å². The van der Waals surface area contributed by atoms with Crippen LogP contribution < -0.4 is 84.7 Å². The van der Waals surface area contributed by atoms with Crippen LogP contribution in [0, 0.1) is 0 Å². The van der Waals surface area contributed by atoms with Crippen LogP contribution in [0.1, 0.15) is 27.0 Å². The summed E-state index contributed by atoms with van der Waals surface area (Å²) in [7, 11) is 2.07. The van der Waals surface area contributed by atoms with Gasteiger partial charge in [0.1, 0.15) is 46.4 Å². The van der Waals surface area contributed by atoms with Crippen LogP contribution >= 0.6 is 14.5 Å². The Labute approximate surface area is 399 Å². The van der Waals surface area contributed by atoms with Crippen molar-refractivity contribution < 1.29 is 57.7 Å². The van der Waals surface area contributed by atoms with Crippen LogP contribution in [0.5, 0.6) is 23.0 Å². The molecule has 0 aliphatic heterocycles. The van der Waals surface area contributed by atoms with Crippen LogP contribution in [-0.4, -0.2) is 34.2 Å². The van der Waals surface area contributed by atoms with Gasteiger partial charge in [-0.25, -0.2) is 0 Å². The summed E-state index contributed by atoms with van der Waals surface area (Å²) in [6.45, 7) is 0. The number of hydrogen-bond acceptors (Lipinski definition) is 5. The second-order valence-corrected chi connectivity index (χ2v) is 21.8. The van der Waals surface area contributed by atoms with Gasteiger partial charge in [0.15, 0.2) is 28.8 Å². The first-order chi connectivity index (χ1) is 30.5. The van der Waals surface area contributed by atoms with Crippen LogP contribution in [0.3, 0.4) is 0 Å². The largest absolute Gasteiger partial charge is 1.00 e. The lowest BCUT2D eigenvalue weighted by Gasteiger charge is -2.30. The molecule has 8 aromatic carbocycles. The third-order valence-corrected chi connectivity index (χ3v) is 20.5. The number of para-hydroxylation sites is 4. The first kappa shape index (κ1) is 47.9. The van der Waals surface area contributed by atoms with E-state index in [0.717, 1.165) is 55.3 Å². The van der Waals surface area contributed by atoms with E-state index < -0.39 is 14.5 Å². The van der Waals surface area contributed by atoms with Gasteiger partial charge >= 0.3 is 0 Å². The topological polar surface area (TPSA) is 54.0 Å². The summed E-state index contributed by atoms with van der Waals surface area (Å²) in [5.74, 6) is 3.31. The van der Waals surface area contributed by atoms with E-state index in [1.54, 1.807) is 28.4 Å². The number of halogens is 2. The maximum Gasteiger partial charge on any atom is 0.193 e. The molecule has 0 spiro atoms. The van der Waals surface area contributed by atoms with E-state index in [1.807, 2.05) is 72.8 Å². The Balaban J connectivity index is 0.00000340. The molecule has 0 unspecified atom stereocenters. The molecule has 0 amide bonds. The second kappa shape index (κ2) is 21.9. The van der Waals surface area contributed by atoms with Gasteiger partial charge in [-0.3, -0.25) is 4.79 Å². The molecular formula is C55H50Br2O5P2. The molecule has 0 aliphatic carbocycles. The van der Waals surface area contributed by atoms with E-state index in [4.69, 9.17) is 18.9 Å². The molecule has 9 heteroatoms. The third kappa shape index (κ3) is 9.32. The highest BCUT2D eigenvalue weighted by Crippen LogP contribution is 2.62. The van der Waals surface area contributed by atoms with Crippen molar-refractivity contribution in [3.63, 3.8) is 0 Å². The second-order valence-electron chi connectivity index (χ2n) is 15.0. The summed E-state index contributed by atoms with van der Waals surface area (Å²) in [5, 5.41) is 6.96. The Bertz CT molecular complexity index is 2480. The van der Waals surface area contributed by atoms with E-state index in [2.05, 4.69) is 133 Å². The normalized spacial score (nSPS) is 11.1. The van der Waals surface area contributed by atoms with E-state index in [1.165, 1.54) is 10.6 Å². The fourth-order valence-electron chi connectivity index (χ4n) is 8.72. The fourth-order valence-corrected chi connectivity index (χ4v) is 17.8. The van der Waals surface area contributed by atoms with Crippen molar-refractivity contribution in [3.05, 3.63) is 229 Å². The van der Waals surface area contributed by atoms with Crippen molar-refractivity contribution in [1.29, 1.82) is 0 Å². The quantitative estimate of drug-likeness (QED) is 0.109. The van der Waals surface area contributed by atoms with Gasteiger partial charge in [0.05, 0.1) is 40.8 Å². The molecule has 0 saturated carbocycles. The van der Waals surface area contributed by atoms with Gasteiger partial charge < -0.3 is 52.9 Å². The SMILES string of the molecule is COc1ccccc1[P+](Cc1ccc(C(=O)c2ccc(C[P+](c3ccccc3)(c3ccccc3OC)c3ccccc3OC)cc2)cc1)(c1ccccc1)c1ccccc1OC.[Br-].[Br-]. The number of ether oxygens (including phenoxy) is 4. The van der Waals surface area contributed by atoms with Gasteiger partial charge in [-0.15, -0.1) is 0 Å². The van der Waals surface area contributed by atoms with Crippen LogP contribution in [0.15, 0.2) is 206 Å². The molecule has 64 heavy (non-hydrogen) atoms. The summed E-state index contributed by atoms with van der Waals surface area (Å²) in [5.41, 5.74) is 3.49. The third-order valence-electron chi connectivity index (χ3n) is 11.7.